The molecule has 0 radical (unpaired) electrons. The van der Waals surface area contributed by atoms with Crippen LogP contribution >= 0.6 is 11.8 Å². The van der Waals surface area contributed by atoms with Gasteiger partial charge in [-0.15, -0.1) is 0 Å². The molecule has 0 bridgehead atoms. The monoisotopic (exact) mass is 218 g/mol. The zero-order valence-corrected chi connectivity index (χ0v) is 10.3. The third-order valence-corrected chi connectivity index (χ3v) is 2.70. The van der Waals surface area contributed by atoms with Gasteiger partial charge in [-0.25, -0.2) is 0 Å². The van der Waals surface area contributed by atoms with Gasteiger partial charge in [0, 0.05) is 9.81 Å². The first-order valence-corrected chi connectivity index (χ1v) is 5.56. The van der Waals surface area contributed by atoms with Gasteiger partial charge in [-0.2, -0.15) is 0 Å². The van der Waals surface area contributed by atoms with Crippen LogP contribution in [0.2, 0.25) is 0 Å². The van der Waals surface area contributed by atoms with Crippen LogP contribution in [-0.4, -0.2) is 0 Å². The topological polar surface area (TPSA) is 0 Å². The molecule has 0 N–H and O–H groups in total. The molecule has 0 aliphatic rings. The average Bonchev–Trinajstić information content (AvgIpc) is 2.20. The summed E-state index contributed by atoms with van der Waals surface area (Å²) in [6.45, 7) is 15.4. The number of thioether (sulfide) groups is 1. The summed E-state index contributed by atoms with van der Waals surface area (Å²) in [7, 11) is 0. The van der Waals surface area contributed by atoms with Gasteiger partial charge in [-0.1, -0.05) is 61.4 Å². The van der Waals surface area contributed by atoms with E-state index >= 15 is 0 Å². The summed E-state index contributed by atoms with van der Waals surface area (Å²) in [5.74, 6) is 0. The van der Waals surface area contributed by atoms with Crippen LogP contribution in [-0.2, 0) is 0 Å². The van der Waals surface area contributed by atoms with Crippen LogP contribution in [0.25, 0.3) is 0 Å². The highest BCUT2D eigenvalue weighted by atomic mass is 32.2. The molecular formula is C14H18S. The minimum atomic E-state index is 1.000. The minimum Gasteiger partial charge on any atom is -0.0991 e. The Morgan fingerprint density at radius 1 is 1.00 bits per heavy atom. The Morgan fingerprint density at radius 3 is 2.00 bits per heavy atom. The SMILES string of the molecule is C=C/C=C\C(=C)SC(/C=C\C=C)=C(C)C. The lowest BCUT2D eigenvalue weighted by atomic mass is 10.3. The first kappa shape index (κ1) is 13.8. The molecule has 0 aliphatic carbocycles. The van der Waals surface area contributed by atoms with Gasteiger partial charge in [-0.3, -0.25) is 0 Å². The molecule has 0 rings (SSSR count). The Kier molecular flexibility index (Phi) is 7.47. The van der Waals surface area contributed by atoms with E-state index in [4.69, 9.17) is 0 Å². The van der Waals surface area contributed by atoms with Crippen LogP contribution in [0, 0.1) is 0 Å². The van der Waals surface area contributed by atoms with Crippen molar-refractivity contribution < 1.29 is 0 Å². The Labute approximate surface area is 97.5 Å². The van der Waals surface area contributed by atoms with Crippen LogP contribution in [0.15, 0.2) is 71.6 Å². The van der Waals surface area contributed by atoms with Crippen molar-refractivity contribution in [1.82, 2.24) is 0 Å². The fraction of sp³-hybridized carbons (Fsp3) is 0.143. The quantitative estimate of drug-likeness (QED) is 0.565. The Hall–Kier alpha value is -1.21. The van der Waals surface area contributed by atoms with E-state index in [1.807, 2.05) is 24.3 Å². The normalized spacial score (nSPS) is 10.5. The molecule has 0 amide bonds. The fourth-order valence-electron chi connectivity index (χ4n) is 0.809. The molecule has 0 saturated carbocycles. The maximum absolute atomic E-state index is 3.96. The summed E-state index contributed by atoms with van der Waals surface area (Å²) < 4.78 is 0. The van der Waals surface area contributed by atoms with E-state index in [0.717, 1.165) is 4.91 Å². The minimum absolute atomic E-state index is 1.000. The third-order valence-electron chi connectivity index (χ3n) is 1.54. The molecule has 0 spiro atoms. The Bertz CT molecular complexity index is 323. The fourth-order valence-corrected chi connectivity index (χ4v) is 1.59. The standard InChI is InChI=1S/C14H18S/c1-6-8-10-13(5)15-14(12(3)4)11-9-7-2/h6-11H,1-2,5H2,3-4H3/b10-8-,11-9-. The average molecular weight is 218 g/mol. The van der Waals surface area contributed by atoms with Crippen molar-refractivity contribution in [3.8, 4) is 0 Å². The zero-order valence-electron chi connectivity index (χ0n) is 9.49. The van der Waals surface area contributed by atoms with E-state index in [2.05, 4.69) is 33.6 Å². The predicted octanol–water partition coefficient (Wildman–Crippen LogP) is 5.01. The summed E-state index contributed by atoms with van der Waals surface area (Å²) in [5.41, 5.74) is 1.27. The smallest absolute Gasteiger partial charge is 0.0108 e. The van der Waals surface area contributed by atoms with Gasteiger partial charge in [0.15, 0.2) is 0 Å². The van der Waals surface area contributed by atoms with Crippen LogP contribution < -0.4 is 0 Å². The summed E-state index contributed by atoms with van der Waals surface area (Å²) in [5, 5.41) is 0. The van der Waals surface area contributed by atoms with Gasteiger partial charge < -0.3 is 0 Å². The van der Waals surface area contributed by atoms with Crippen LogP contribution in [0.4, 0.5) is 0 Å². The molecular weight excluding hydrogens is 200 g/mol. The number of allylic oxidation sites excluding steroid dienone is 7. The van der Waals surface area contributed by atoms with Crippen LogP contribution in [0.5, 0.6) is 0 Å². The highest BCUT2D eigenvalue weighted by Gasteiger charge is 1.97. The molecule has 0 aromatic heterocycles. The van der Waals surface area contributed by atoms with E-state index in [-0.39, 0.29) is 0 Å². The van der Waals surface area contributed by atoms with Crippen molar-refractivity contribution in [2.75, 3.05) is 0 Å². The number of hydrogen-bond donors (Lipinski definition) is 0. The van der Waals surface area contributed by atoms with Crippen molar-refractivity contribution in [2.45, 2.75) is 13.8 Å². The van der Waals surface area contributed by atoms with E-state index in [0.29, 0.717) is 0 Å². The van der Waals surface area contributed by atoms with Crippen molar-refractivity contribution >= 4 is 11.8 Å². The highest BCUT2D eigenvalue weighted by molar-refractivity contribution is 8.07. The van der Waals surface area contributed by atoms with E-state index in [1.165, 1.54) is 10.5 Å². The molecule has 0 unspecified atom stereocenters. The molecule has 0 heterocycles. The first-order valence-electron chi connectivity index (χ1n) is 4.74. The molecule has 1 heteroatoms. The second-order valence-electron chi connectivity index (χ2n) is 3.12. The van der Waals surface area contributed by atoms with Crippen LogP contribution in [0.1, 0.15) is 13.8 Å². The third kappa shape index (κ3) is 6.81. The molecule has 15 heavy (non-hydrogen) atoms. The molecule has 0 aliphatic heterocycles. The second kappa shape index (κ2) is 8.13. The van der Waals surface area contributed by atoms with Crippen molar-refractivity contribution in [3.63, 3.8) is 0 Å². The van der Waals surface area contributed by atoms with E-state index in [1.54, 1.807) is 23.9 Å². The van der Waals surface area contributed by atoms with Gasteiger partial charge >= 0.3 is 0 Å². The van der Waals surface area contributed by atoms with Crippen molar-refractivity contribution in [3.05, 3.63) is 71.6 Å². The van der Waals surface area contributed by atoms with Gasteiger partial charge in [0.2, 0.25) is 0 Å². The molecule has 0 saturated heterocycles. The molecule has 0 aromatic rings. The summed E-state index contributed by atoms with van der Waals surface area (Å²) in [4.78, 5) is 2.20. The zero-order chi connectivity index (χ0) is 11.7. The molecule has 0 atom stereocenters. The van der Waals surface area contributed by atoms with Crippen molar-refractivity contribution in [1.29, 1.82) is 0 Å². The number of rotatable bonds is 6. The maximum atomic E-state index is 3.96. The summed E-state index contributed by atoms with van der Waals surface area (Å²) in [6, 6.07) is 0. The first-order chi connectivity index (χ1) is 7.11. The Balaban J connectivity index is 4.57. The van der Waals surface area contributed by atoms with Crippen molar-refractivity contribution in [2.24, 2.45) is 0 Å². The van der Waals surface area contributed by atoms with Gasteiger partial charge in [-0.05, 0) is 26.0 Å². The number of hydrogen-bond acceptors (Lipinski definition) is 1. The molecule has 80 valence electrons. The highest BCUT2D eigenvalue weighted by Crippen LogP contribution is 2.28. The van der Waals surface area contributed by atoms with Crippen LogP contribution in [0.3, 0.4) is 0 Å². The van der Waals surface area contributed by atoms with E-state index in [9.17, 15) is 0 Å². The Morgan fingerprint density at radius 2 is 1.53 bits per heavy atom. The summed E-state index contributed by atoms with van der Waals surface area (Å²) >= 11 is 1.65. The lowest BCUT2D eigenvalue weighted by Crippen LogP contribution is -1.76. The molecule has 0 aromatic carbocycles. The van der Waals surface area contributed by atoms with Gasteiger partial charge in [0.25, 0.3) is 0 Å². The largest absolute Gasteiger partial charge is 0.0991 e. The second-order valence-corrected chi connectivity index (χ2v) is 4.29. The molecule has 0 fully saturated rings. The van der Waals surface area contributed by atoms with Gasteiger partial charge in [0.1, 0.15) is 0 Å². The summed E-state index contributed by atoms with van der Waals surface area (Å²) in [6.07, 6.45) is 11.3. The lowest BCUT2D eigenvalue weighted by molar-refractivity contribution is 1.38. The molecule has 0 nitrogen and oxygen atoms in total. The van der Waals surface area contributed by atoms with Gasteiger partial charge in [0.05, 0.1) is 0 Å². The predicted molar refractivity (Wildman–Crippen MR) is 73.8 cm³/mol. The lowest BCUT2D eigenvalue weighted by Gasteiger charge is -2.03. The van der Waals surface area contributed by atoms with E-state index < -0.39 is 0 Å². The maximum Gasteiger partial charge on any atom is 0.0108 e.